The van der Waals surface area contributed by atoms with Crippen molar-refractivity contribution in [3.05, 3.63) is 48.2 Å². The highest BCUT2D eigenvalue weighted by atomic mass is 15.3. The first-order valence-corrected chi connectivity index (χ1v) is 8.27. The van der Waals surface area contributed by atoms with Crippen LogP contribution >= 0.6 is 0 Å². The molecule has 4 rings (SSSR count). The SMILES string of the molecule is Cc1[nH]ncc1CCCNc1ccc2ncc(-c3cnn(C)c3)n2n1. The summed E-state index contributed by atoms with van der Waals surface area (Å²) in [5.41, 5.74) is 5.15. The van der Waals surface area contributed by atoms with Crippen molar-refractivity contribution >= 4 is 11.5 Å². The van der Waals surface area contributed by atoms with Gasteiger partial charge in [-0.3, -0.25) is 9.78 Å². The molecule has 0 saturated carbocycles. The maximum absolute atomic E-state index is 4.66. The van der Waals surface area contributed by atoms with Crippen LogP contribution in [-0.2, 0) is 13.5 Å². The number of aryl methyl sites for hydroxylation is 3. The number of H-pyrrole nitrogens is 1. The normalized spacial score (nSPS) is 11.3. The van der Waals surface area contributed by atoms with E-state index in [-0.39, 0.29) is 0 Å². The van der Waals surface area contributed by atoms with Crippen LogP contribution in [0.5, 0.6) is 0 Å². The van der Waals surface area contributed by atoms with Crippen LogP contribution in [-0.4, -0.2) is 41.1 Å². The van der Waals surface area contributed by atoms with Gasteiger partial charge in [0.2, 0.25) is 0 Å². The number of aromatic nitrogens is 7. The van der Waals surface area contributed by atoms with E-state index in [0.29, 0.717) is 0 Å². The first kappa shape index (κ1) is 15.4. The minimum atomic E-state index is 0.818. The Morgan fingerprint density at radius 1 is 1.20 bits per heavy atom. The van der Waals surface area contributed by atoms with Crippen LogP contribution in [0.25, 0.3) is 16.9 Å². The summed E-state index contributed by atoms with van der Waals surface area (Å²) in [6.45, 7) is 2.89. The molecule has 0 fully saturated rings. The number of nitrogens with one attached hydrogen (secondary N) is 2. The molecule has 8 nitrogen and oxygen atoms in total. The van der Waals surface area contributed by atoms with Gasteiger partial charge in [0, 0.05) is 31.0 Å². The predicted molar refractivity (Wildman–Crippen MR) is 95.3 cm³/mol. The summed E-state index contributed by atoms with van der Waals surface area (Å²) < 4.78 is 3.62. The number of rotatable bonds is 6. The van der Waals surface area contributed by atoms with Crippen molar-refractivity contribution in [1.82, 2.24) is 34.6 Å². The van der Waals surface area contributed by atoms with E-state index in [2.05, 4.69) is 30.7 Å². The van der Waals surface area contributed by atoms with Gasteiger partial charge in [-0.05, 0) is 37.5 Å². The molecular weight excluding hydrogens is 316 g/mol. The summed E-state index contributed by atoms with van der Waals surface area (Å²) >= 11 is 0. The number of hydrogen-bond acceptors (Lipinski definition) is 5. The van der Waals surface area contributed by atoms with Crippen LogP contribution < -0.4 is 5.32 Å². The molecule has 128 valence electrons. The Balaban J connectivity index is 1.46. The van der Waals surface area contributed by atoms with Gasteiger partial charge < -0.3 is 5.32 Å². The van der Waals surface area contributed by atoms with Crippen LogP contribution in [0, 0.1) is 6.92 Å². The second-order valence-electron chi connectivity index (χ2n) is 6.09. The van der Waals surface area contributed by atoms with Gasteiger partial charge in [-0.15, -0.1) is 5.10 Å². The summed E-state index contributed by atoms with van der Waals surface area (Å²) in [6.07, 6.45) is 9.50. The molecule has 4 aromatic rings. The van der Waals surface area contributed by atoms with Gasteiger partial charge in [-0.2, -0.15) is 10.2 Å². The fraction of sp³-hybridized carbons (Fsp3) is 0.294. The molecule has 0 aromatic carbocycles. The van der Waals surface area contributed by atoms with E-state index < -0.39 is 0 Å². The summed E-state index contributed by atoms with van der Waals surface area (Å²) in [7, 11) is 1.90. The van der Waals surface area contributed by atoms with E-state index in [4.69, 9.17) is 0 Å². The smallest absolute Gasteiger partial charge is 0.154 e. The van der Waals surface area contributed by atoms with Crippen LogP contribution in [0.4, 0.5) is 5.82 Å². The Morgan fingerprint density at radius 3 is 2.88 bits per heavy atom. The average molecular weight is 336 g/mol. The lowest BCUT2D eigenvalue weighted by atomic mass is 10.1. The zero-order chi connectivity index (χ0) is 17.2. The van der Waals surface area contributed by atoms with Crippen LogP contribution in [0.15, 0.2) is 36.9 Å². The molecule has 0 atom stereocenters. The molecule has 25 heavy (non-hydrogen) atoms. The summed E-state index contributed by atoms with van der Waals surface area (Å²) in [5, 5.41) is 19.3. The van der Waals surface area contributed by atoms with Crippen LogP contribution in [0.1, 0.15) is 17.7 Å². The molecule has 4 heterocycles. The molecule has 0 spiro atoms. The molecule has 0 unspecified atom stereocenters. The van der Waals surface area contributed by atoms with Crippen LogP contribution in [0.2, 0.25) is 0 Å². The Hall–Kier alpha value is -3.16. The zero-order valence-electron chi connectivity index (χ0n) is 14.3. The largest absolute Gasteiger partial charge is 0.369 e. The highest BCUT2D eigenvalue weighted by Crippen LogP contribution is 2.20. The van der Waals surface area contributed by atoms with Gasteiger partial charge >= 0.3 is 0 Å². The molecule has 2 N–H and O–H groups in total. The molecule has 0 radical (unpaired) electrons. The Labute approximate surface area is 144 Å². The van der Waals surface area contributed by atoms with Gasteiger partial charge in [-0.25, -0.2) is 9.50 Å². The van der Waals surface area contributed by atoms with E-state index in [0.717, 1.165) is 47.8 Å². The maximum Gasteiger partial charge on any atom is 0.154 e. The highest BCUT2D eigenvalue weighted by molar-refractivity contribution is 5.62. The lowest BCUT2D eigenvalue weighted by Crippen LogP contribution is -2.07. The molecule has 0 bridgehead atoms. The van der Waals surface area contributed by atoms with Crippen molar-refractivity contribution in [3.63, 3.8) is 0 Å². The Morgan fingerprint density at radius 2 is 2.12 bits per heavy atom. The first-order chi connectivity index (χ1) is 12.2. The lowest BCUT2D eigenvalue weighted by molar-refractivity contribution is 0.768. The number of imidazole rings is 1. The van der Waals surface area contributed by atoms with E-state index in [1.165, 1.54) is 5.56 Å². The van der Waals surface area contributed by atoms with Gasteiger partial charge in [0.25, 0.3) is 0 Å². The molecule has 4 aromatic heterocycles. The second-order valence-corrected chi connectivity index (χ2v) is 6.09. The van der Waals surface area contributed by atoms with Gasteiger partial charge in [0.05, 0.1) is 24.3 Å². The molecule has 0 aliphatic rings. The minimum absolute atomic E-state index is 0.818. The van der Waals surface area contributed by atoms with Crippen molar-refractivity contribution in [1.29, 1.82) is 0 Å². The molecule has 0 aliphatic carbocycles. The van der Waals surface area contributed by atoms with E-state index in [1.54, 1.807) is 4.68 Å². The molecule has 0 amide bonds. The van der Waals surface area contributed by atoms with Gasteiger partial charge in [-0.1, -0.05) is 0 Å². The summed E-state index contributed by atoms with van der Waals surface area (Å²) in [4.78, 5) is 4.41. The topological polar surface area (TPSA) is 88.7 Å². The summed E-state index contributed by atoms with van der Waals surface area (Å²) in [5.74, 6) is 0.833. The third kappa shape index (κ3) is 3.10. The molecule has 0 aliphatic heterocycles. The van der Waals surface area contributed by atoms with E-state index in [1.807, 2.05) is 55.4 Å². The number of aromatic amines is 1. The third-order valence-corrected chi connectivity index (χ3v) is 4.23. The lowest BCUT2D eigenvalue weighted by Gasteiger charge is -2.06. The Kier molecular flexibility index (Phi) is 3.93. The van der Waals surface area contributed by atoms with Gasteiger partial charge in [0.15, 0.2) is 5.65 Å². The first-order valence-electron chi connectivity index (χ1n) is 8.27. The van der Waals surface area contributed by atoms with Crippen LogP contribution in [0.3, 0.4) is 0 Å². The maximum atomic E-state index is 4.66. The van der Waals surface area contributed by atoms with Gasteiger partial charge in [0.1, 0.15) is 5.82 Å². The third-order valence-electron chi connectivity index (χ3n) is 4.23. The van der Waals surface area contributed by atoms with Crippen molar-refractivity contribution < 1.29 is 0 Å². The average Bonchev–Trinajstić information content (AvgIpc) is 3.31. The van der Waals surface area contributed by atoms with Crippen molar-refractivity contribution in [2.75, 3.05) is 11.9 Å². The second kappa shape index (κ2) is 6.39. The van der Waals surface area contributed by atoms with Crippen molar-refractivity contribution in [2.45, 2.75) is 19.8 Å². The number of anilines is 1. The fourth-order valence-corrected chi connectivity index (χ4v) is 2.84. The fourth-order valence-electron chi connectivity index (χ4n) is 2.84. The quantitative estimate of drug-likeness (QED) is 0.527. The van der Waals surface area contributed by atoms with E-state index >= 15 is 0 Å². The highest BCUT2D eigenvalue weighted by Gasteiger charge is 2.09. The van der Waals surface area contributed by atoms with Crippen molar-refractivity contribution in [3.8, 4) is 11.3 Å². The molecule has 8 heteroatoms. The number of nitrogens with zero attached hydrogens (tertiary/aromatic N) is 6. The minimum Gasteiger partial charge on any atom is -0.369 e. The molecular formula is C17H20N8. The standard InChI is InChI=1S/C17H20N8/c1-12-13(8-20-22-12)4-3-7-18-16-5-6-17-19-10-15(25(17)23-16)14-9-21-24(2)11-14/h5-6,8-11H,3-4,7H2,1-2H3,(H,18,23)(H,20,22). The monoisotopic (exact) mass is 336 g/mol. The zero-order valence-corrected chi connectivity index (χ0v) is 14.3. The van der Waals surface area contributed by atoms with Crippen molar-refractivity contribution in [2.24, 2.45) is 7.05 Å². The summed E-state index contributed by atoms with van der Waals surface area (Å²) in [6, 6.07) is 3.92. The number of hydrogen-bond donors (Lipinski definition) is 2. The predicted octanol–water partition coefficient (Wildman–Crippen LogP) is 2.21. The van der Waals surface area contributed by atoms with E-state index in [9.17, 15) is 0 Å². The number of fused-ring (bicyclic) bond motifs is 1. The Bertz CT molecular complexity index is 993. The molecule has 0 saturated heterocycles.